The maximum atomic E-state index is 12.0. The van der Waals surface area contributed by atoms with Crippen LogP contribution >= 0.6 is 0 Å². The summed E-state index contributed by atoms with van der Waals surface area (Å²) in [5.74, 6) is -0.210. The van der Waals surface area contributed by atoms with E-state index >= 15 is 0 Å². The minimum atomic E-state index is -0.131. The number of nitrogens with zero attached hydrogens (tertiary/aromatic N) is 1. The van der Waals surface area contributed by atoms with Gasteiger partial charge in [-0.1, -0.05) is 32.9 Å². The number of rotatable bonds is 6. The number of carbonyl (C=O) groups excluding carboxylic acids is 2. The van der Waals surface area contributed by atoms with Crippen LogP contribution in [0.2, 0.25) is 0 Å². The molecule has 0 spiro atoms. The standard InChI is InChI=1S/C18H29N3O2/c1-13(2)19-16(22)11-21(6)12-17(23)20-15-9-7-14(8-10-15)18(3,4)5/h7-10,13H,11-12H2,1-6H3,(H,19,22)(H,20,23). The van der Waals surface area contributed by atoms with E-state index in [0.29, 0.717) is 0 Å². The molecule has 0 atom stereocenters. The lowest BCUT2D eigenvalue weighted by atomic mass is 9.87. The third kappa shape index (κ3) is 7.28. The minimum Gasteiger partial charge on any atom is -0.353 e. The molecular formula is C18H29N3O2. The highest BCUT2D eigenvalue weighted by Crippen LogP contribution is 2.23. The SMILES string of the molecule is CC(C)NC(=O)CN(C)CC(=O)Nc1ccc(C(C)(C)C)cc1. The molecule has 128 valence electrons. The van der Waals surface area contributed by atoms with Crippen LogP contribution in [0.4, 0.5) is 5.69 Å². The number of benzene rings is 1. The molecule has 1 aromatic carbocycles. The lowest BCUT2D eigenvalue weighted by Gasteiger charge is -2.20. The Labute approximate surface area is 139 Å². The summed E-state index contributed by atoms with van der Waals surface area (Å²) in [5, 5.41) is 5.66. The topological polar surface area (TPSA) is 61.4 Å². The van der Waals surface area contributed by atoms with Gasteiger partial charge in [0.1, 0.15) is 0 Å². The van der Waals surface area contributed by atoms with Crippen molar-refractivity contribution >= 4 is 17.5 Å². The van der Waals surface area contributed by atoms with Crippen LogP contribution in [0.3, 0.4) is 0 Å². The van der Waals surface area contributed by atoms with E-state index in [-0.39, 0.29) is 36.4 Å². The van der Waals surface area contributed by atoms with E-state index in [9.17, 15) is 9.59 Å². The van der Waals surface area contributed by atoms with Gasteiger partial charge in [0.05, 0.1) is 13.1 Å². The van der Waals surface area contributed by atoms with E-state index in [4.69, 9.17) is 0 Å². The molecule has 0 saturated carbocycles. The maximum absolute atomic E-state index is 12.0. The van der Waals surface area contributed by atoms with E-state index in [1.165, 1.54) is 5.56 Å². The quantitative estimate of drug-likeness (QED) is 0.846. The van der Waals surface area contributed by atoms with Crippen molar-refractivity contribution in [3.05, 3.63) is 29.8 Å². The molecule has 0 heterocycles. The molecule has 0 aliphatic carbocycles. The lowest BCUT2D eigenvalue weighted by Crippen LogP contribution is -2.41. The highest BCUT2D eigenvalue weighted by atomic mass is 16.2. The molecule has 2 amide bonds. The summed E-state index contributed by atoms with van der Waals surface area (Å²) in [7, 11) is 1.75. The molecule has 0 unspecified atom stereocenters. The Morgan fingerprint density at radius 3 is 2.04 bits per heavy atom. The first kappa shape index (κ1) is 19.2. The zero-order valence-corrected chi connectivity index (χ0v) is 15.1. The summed E-state index contributed by atoms with van der Waals surface area (Å²) in [6, 6.07) is 7.96. The first-order valence-electron chi connectivity index (χ1n) is 7.96. The Morgan fingerprint density at radius 1 is 1.04 bits per heavy atom. The molecule has 0 aliphatic rings. The Hall–Kier alpha value is -1.88. The normalized spacial score (nSPS) is 11.7. The summed E-state index contributed by atoms with van der Waals surface area (Å²) < 4.78 is 0. The maximum Gasteiger partial charge on any atom is 0.238 e. The molecule has 0 bridgehead atoms. The van der Waals surface area contributed by atoms with E-state index in [0.717, 1.165) is 5.69 Å². The van der Waals surface area contributed by atoms with E-state index < -0.39 is 0 Å². The van der Waals surface area contributed by atoms with Crippen LogP contribution in [0.5, 0.6) is 0 Å². The molecule has 1 rings (SSSR count). The smallest absolute Gasteiger partial charge is 0.238 e. The fourth-order valence-electron chi connectivity index (χ4n) is 2.17. The van der Waals surface area contributed by atoms with E-state index in [1.54, 1.807) is 11.9 Å². The van der Waals surface area contributed by atoms with Gasteiger partial charge in [0, 0.05) is 11.7 Å². The molecule has 0 radical (unpaired) electrons. The molecule has 2 N–H and O–H groups in total. The van der Waals surface area contributed by atoms with Crippen molar-refractivity contribution in [2.45, 2.75) is 46.1 Å². The number of carbonyl (C=O) groups is 2. The van der Waals surface area contributed by atoms with Gasteiger partial charge >= 0.3 is 0 Å². The number of anilines is 1. The predicted molar refractivity (Wildman–Crippen MR) is 94.5 cm³/mol. The highest BCUT2D eigenvalue weighted by Gasteiger charge is 2.14. The van der Waals surface area contributed by atoms with Crippen molar-refractivity contribution in [2.75, 3.05) is 25.5 Å². The van der Waals surface area contributed by atoms with Crippen molar-refractivity contribution < 1.29 is 9.59 Å². The van der Waals surface area contributed by atoms with Crippen LogP contribution in [0.1, 0.15) is 40.2 Å². The average molecular weight is 319 g/mol. The van der Waals surface area contributed by atoms with Crippen molar-refractivity contribution in [1.29, 1.82) is 0 Å². The van der Waals surface area contributed by atoms with E-state index in [2.05, 4.69) is 31.4 Å². The molecule has 5 nitrogen and oxygen atoms in total. The Kier molecular flexibility index (Phi) is 6.76. The van der Waals surface area contributed by atoms with Crippen LogP contribution < -0.4 is 10.6 Å². The fraction of sp³-hybridized carbons (Fsp3) is 0.556. The lowest BCUT2D eigenvalue weighted by molar-refractivity contribution is -0.123. The second kappa shape index (κ2) is 8.11. The molecule has 23 heavy (non-hydrogen) atoms. The Balaban J connectivity index is 2.48. The summed E-state index contributed by atoms with van der Waals surface area (Å²) in [5.41, 5.74) is 2.08. The second-order valence-electron chi connectivity index (χ2n) is 7.27. The van der Waals surface area contributed by atoms with Gasteiger partial charge in [-0.15, -0.1) is 0 Å². The van der Waals surface area contributed by atoms with Crippen LogP contribution in [0.15, 0.2) is 24.3 Å². The third-order valence-electron chi connectivity index (χ3n) is 3.31. The minimum absolute atomic E-state index is 0.0789. The molecule has 0 aliphatic heterocycles. The number of amides is 2. The number of nitrogens with one attached hydrogen (secondary N) is 2. The highest BCUT2D eigenvalue weighted by molar-refractivity contribution is 5.92. The van der Waals surface area contributed by atoms with Gasteiger partial charge in [-0.05, 0) is 44.0 Å². The summed E-state index contributed by atoms with van der Waals surface area (Å²) in [6.45, 7) is 10.6. The van der Waals surface area contributed by atoms with Gasteiger partial charge in [0.15, 0.2) is 0 Å². The largest absolute Gasteiger partial charge is 0.353 e. The zero-order valence-electron chi connectivity index (χ0n) is 15.1. The van der Waals surface area contributed by atoms with Gasteiger partial charge in [-0.25, -0.2) is 0 Å². The molecular weight excluding hydrogens is 290 g/mol. The average Bonchev–Trinajstić information content (AvgIpc) is 2.36. The van der Waals surface area contributed by atoms with Crippen molar-refractivity contribution in [2.24, 2.45) is 0 Å². The second-order valence-corrected chi connectivity index (χ2v) is 7.27. The molecule has 1 aromatic rings. The predicted octanol–water partition coefficient (Wildman–Crippen LogP) is 2.38. The summed E-state index contributed by atoms with van der Waals surface area (Å²) >= 11 is 0. The number of likely N-dealkylation sites (N-methyl/N-ethyl adjacent to an activating group) is 1. The summed E-state index contributed by atoms with van der Waals surface area (Å²) in [6.07, 6.45) is 0. The van der Waals surface area contributed by atoms with Crippen LogP contribution in [-0.4, -0.2) is 42.9 Å². The van der Waals surface area contributed by atoms with Gasteiger partial charge in [-0.2, -0.15) is 0 Å². The van der Waals surface area contributed by atoms with Gasteiger partial charge < -0.3 is 10.6 Å². The zero-order chi connectivity index (χ0) is 17.6. The first-order chi connectivity index (χ1) is 10.6. The van der Waals surface area contributed by atoms with Gasteiger partial charge in [0.25, 0.3) is 0 Å². The molecule has 0 saturated heterocycles. The van der Waals surface area contributed by atoms with Gasteiger partial charge in [0.2, 0.25) is 11.8 Å². The monoisotopic (exact) mass is 319 g/mol. The van der Waals surface area contributed by atoms with Crippen molar-refractivity contribution in [3.8, 4) is 0 Å². The molecule has 5 heteroatoms. The summed E-state index contributed by atoms with van der Waals surface area (Å²) in [4.78, 5) is 25.4. The van der Waals surface area contributed by atoms with Crippen LogP contribution in [0.25, 0.3) is 0 Å². The Bertz CT molecular complexity index is 530. The number of hydrogen-bond donors (Lipinski definition) is 2. The molecule has 0 aromatic heterocycles. The van der Waals surface area contributed by atoms with Gasteiger partial charge in [-0.3, -0.25) is 14.5 Å². The third-order valence-corrected chi connectivity index (χ3v) is 3.31. The van der Waals surface area contributed by atoms with E-state index in [1.807, 2.05) is 38.1 Å². The van der Waals surface area contributed by atoms with Crippen LogP contribution in [0, 0.1) is 0 Å². The van der Waals surface area contributed by atoms with Crippen molar-refractivity contribution in [1.82, 2.24) is 10.2 Å². The van der Waals surface area contributed by atoms with Crippen molar-refractivity contribution in [3.63, 3.8) is 0 Å². The number of hydrogen-bond acceptors (Lipinski definition) is 3. The fourth-order valence-corrected chi connectivity index (χ4v) is 2.17. The Morgan fingerprint density at radius 2 is 1.57 bits per heavy atom. The van der Waals surface area contributed by atoms with Crippen LogP contribution in [-0.2, 0) is 15.0 Å². The molecule has 0 fully saturated rings. The first-order valence-corrected chi connectivity index (χ1v) is 7.96.